The van der Waals surface area contributed by atoms with E-state index in [0.29, 0.717) is 0 Å². The molecule has 0 heterocycles. The number of hydrogen-bond acceptors (Lipinski definition) is 1. The molecule has 0 radical (unpaired) electrons. The van der Waals surface area contributed by atoms with Crippen LogP contribution in [0.5, 0.6) is 0 Å². The minimum absolute atomic E-state index is 0.844. The lowest BCUT2D eigenvalue weighted by Crippen LogP contribution is -2.16. The van der Waals surface area contributed by atoms with Crippen LogP contribution in [0.2, 0.25) is 0 Å². The van der Waals surface area contributed by atoms with E-state index in [-0.39, 0.29) is 0 Å². The third-order valence-electron chi connectivity index (χ3n) is 2.38. The smallest absolute Gasteiger partial charge is 0.0354 e. The molecule has 0 saturated heterocycles. The Morgan fingerprint density at radius 3 is 1.59 bits per heavy atom. The Morgan fingerprint density at radius 1 is 0.882 bits per heavy atom. The summed E-state index contributed by atoms with van der Waals surface area (Å²) in [5, 5.41) is 0. The van der Waals surface area contributed by atoms with Gasteiger partial charge in [-0.15, -0.1) is 13.2 Å². The van der Waals surface area contributed by atoms with Gasteiger partial charge in [0.25, 0.3) is 0 Å². The Labute approximate surface area is 104 Å². The normalized spacial score (nSPS) is 10.1. The summed E-state index contributed by atoms with van der Waals surface area (Å²) in [5.41, 5.74) is 2.85. The number of rotatable bonds is 6. The Balaban J connectivity index is 0.000000196. The molecular formula is C16H19N. The molecule has 88 valence electrons. The molecule has 0 saturated carbocycles. The maximum Gasteiger partial charge on any atom is 0.0354 e. The highest BCUT2D eigenvalue weighted by atomic mass is 15.1. The summed E-state index contributed by atoms with van der Waals surface area (Å²) >= 11 is 0. The maximum atomic E-state index is 3.66. The molecule has 0 N–H and O–H groups in total. The molecule has 0 fully saturated rings. The second kappa shape index (κ2) is 7.29. The van der Waals surface area contributed by atoms with Crippen LogP contribution in [-0.4, -0.2) is 18.0 Å². The highest BCUT2D eigenvalue weighted by Gasteiger charge is 2.03. The first kappa shape index (κ1) is 13.0. The van der Waals surface area contributed by atoms with Gasteiger partial charge in [0.1, 0.15) is 0 Å². The molecule has 17 heavy (non-hydrogen) atoms. The Hall–Kier alpha value is -2.02. The van der Waals surface area contributed by atoms with Crippen molar-refractivity contribution in [3.63, 3.8) is 0 Å². The topological polar surface area (TPSA) is 3.24 Å². The lowest BCUT2D eigenvalue weighted by atomic mass is 9.95. The second-order valence-corrected chi connectivity index (χ2v) is 3.69. The first-order valence-electron chi connectivity index (χ1n) is 5.67. The van der Waals surface area contributed by atoms with E-state index in [2.05, 4.69) is 48.9 Å². The fraction of sp³-hybridized carbons (Fsp3) is 0.125. The standard InChI is InChI=1S/C10H15N.C6H4/c1-4-7-10-11(8-5-2)9-6-3;1-2-6-4-3-5(1)6/h4-7,10H,1-3,8-9H2;1-4H. The van der Waals surface area contributed by atoms with Gasteiger partial charge in [0.15, 0.2) is 0 Å². The van der Waals surface area contributed by atoms with Gasteiger partial charge in [0.05, 0.1) is 0 Å². The molecule has 0 aromatic carbocycles. The Morgan fingerprint density at radius 2 is 1.35 bits per heavy atom. The van der Waals surface area contributed by atoms with Crippen molar-refractivity contribution < 1.29 is 0 Å². The van der Waals surface area contributed by atoms with Gasteiger partial charge in [0, 0.05) is 13.1 Å². The highest BCUT2D eigenvalue weighted by molar-refractivity contribution is 5.75. The number of nitrogens with zero attached hydrogens (tertiary/aromatic N) is 1. The molecule has 1 nitrogen and oxygen atoms in total. The summed E-state index contributed by atoms with van der Waals surface area (Å²) in [4.78, 5) is 2.08. The third kappa shape index (κ3) is 4.15. The van der Waals surface area contributed by atoms with E-state index in [0.717, 1.165) is 13.1 Å². The Kier molecular flexibility index (Phi) is 5.59. The molecular weight excluding hydrogens is 206 g/mol. The van der Waals surface area contributed by atoms with Crippen molar-refractivity contribution in [3.05, 3.63) is 74.5 Å². The van der Waals surface area contributed by atoms with E-state index in [4.69, 9.17) is 0 Å². The van der Waals surface area contributed by atoms with Gasteiger partial charge >= 0.3 is 0 Å². The van der Waals surface area contributed by atoms with Crippen LogP contribution in [0.4, 0.5) is 0 Å². The molecule has 2 aliphatic carbocycles. The fourth-order valence-electron chi connectivity index (χ4n) is 1.37. The third-order valence-corrected chi connectivity index (χ3v) is 2.38. The highest BCUT2D eigenvalue weighted by Crippen LogP contribution is 2.29. The van der Waals surface area contributed by atoms with Crippen LogP contribution in [0, 0.1) is 0 Å². The van der Waals surface area contributed by atoms with E-state index in [9.17, 15) is 0 Å². The summed E-state index contributed by atoms with van der Waals surface area (Å²) in [7, 11) is 0. The Bertz CT molecular complexity index is 367. The van der Waals surface area contributed by atoms with Crippen molar-refractivity contribution >= 4 is 0 Å². The van der Waals surface area contributed by atoms with Crippen LogP contribution in [-0.2, 0) is 0 Å². The van der Waals surface area contributed by atoms with E-state index in [1.54, 1.807) is 6.08 Å². The molecule has 0 aliphatic heterocycles. The first-order chi connectivity index (χ1) is 8.31. The largest absolute Gasteiger partial charge is 0.370 e. The van der Waals surface area contributed by atoms with E-state index in [1.807, 2.05) is 24.4 Å². The van der Waals surface area contributed by atoms with Gasteiger partial charge < -0.3 is 4.90 Å². The number of fused-ring (bicyclic) bond motifs is 1. The summed E-state index contributed by atoms with van der Waals surface area (Å²) in [5.74, 6) is 0. The fourth-order valence-corrected chi connectivity index (χ4v) is 1.37. The summed E-state index contributed by atoms with van der Waals surface area (Å²) in [6.07, 6.45) is 9.33. The van der Waals surface area contributed by atoms with Gasteiger partial charge in [-0.3, -0.25) is 0 Å². The molecule has 0 aromatic rings. The van der Waals surface area contributed by atoms with E-state index >= 15 is 0 Å². The zero-order chi connectivity index (χ0) is 12.5. The molecule has 0 unspecified atom stereocenters. The van der Waals surface area contributed by atoms with Crippen molar-refractivity contribution in [2.45, 2.75) is 0 Å². The van der Waals surface area contributed by atoms with Crippen LogP contribution in [0.3, 0.4) is 0 Å². The maximum absolute atomic E-state index is 3.66. The molecule has 0 spiro atoms. The van der Waals surface area contributed by atoms with E-state index < -0.39 is 0 Å². The molecule has 1 heteroatoms. The number of benzene rings is 1. The van der Waals surface area contributed by atoms with Crippen LogP contribution in [0.15, 0.2) is 74.5 Å². The van der Waals surface area contributed by atoms with Gasteiger partial charge in [-0.2, -0.15) is 0 Å². The van der Waals surface area contributed by atoms with Gasteiger partial charge in [0.2, 0.25) is 0 Å². The van der Waals surface area contributed by atoms with Crippen LogP contribution >= 0.6 is 0 Å². The second-order valence-electron chi connectivity index (χ2n) is 3.69. The molecule has 0 bridgehead atoms. The average molecular weight is 225 g/mol. The molecule has 0 aromatic heterocycles. The summed E-state index contributed by atoms with van der Waals surface area (Å²) in [6, 6.07) is 8.48. The minimum Gasteiger partial charge on any atom is -0.370 e. The zero-order valence-corrected chi connectivity index (χ0v) is 10.2. The lowest BCUT2D eigenvalue weighted by Gasteiger charge is -2.14. The van der Waals surface area contributed by atoms with Crippen molar-refractivity contribution in [1.82, 2.24) is 4.90 Å². The molecule has 2 aliphatic rings. The minimum atomic E-state index is 0.844. The predicted molar refractivity (Wildman–Crippen MR) is 76.7 cm³/mol. The van der Waals surface area contributed by atoms with Gasteiger partial charge in [-0.1, -0.05) is 49.1 Å². The zero-order valence-electron chi connectivity index (χ0n) is 10.2. The van der Waals surface area contributed by atoms with Crippen molar-refractivity contribution in [3.8, 4) is 11.1 Å². The molecule has 0 amide bonds. The van der Waals surface area contributed by atoms with Crippen molar-refractivity contribution in [2.24, 2.45) is 0 Å². The first-order valence-corrected chi connectivity index (χ1v) is 5.67. The van der Waals surface area contributed by atoms with Crippen molar-refractivity contribution in [1.29, 1.82) is 0 Å². The quantitative estimate of drug-likeness (QED) is 0.530. The van der Waals surface area contributed by atoms with Gasteiger partial charge in [-0.05, 0) is 23.4 Å². The van der Waals surface area contributed by atoms with Crippen LogP contribution in [0.25, 0.3) is 11.1 Å². The number of hydrogen-bond donors (Lipinski definition) is 0. The summed E-state index contributed by atoms with van der Waals surface area (Å²) < 4.78 is 0. The van der Waals surface area contributed by atoms with Crippen molar-refractivity contribution in [2.75, 3.05) is 13.1 Å². The average Bonchev–Trinajstić information content (AvgIpc) is 2.32. The van der Waals surface area contributed by atoms with E-state index in [1.165, 1.54) is 11.1 Å². The SMILES string of the molecule is C=CC=CN(CC=C)CC=C.c1cc2ccc1-2. The predicted octanol–water partition coefficient (Wildman–Crippen LogP) is 4.03. The molecule has 0 atom stereocenters. The number of allylic oxidation sites excluding steroid dienone is 2. The van der Waals surface area contributed by atoms with Crippen LogP contribution in [0.1, 0.15) is 0 Å². The molecule has 2 rings (SSSR count). The van der Waals surface area contributed by atoms with Gasteiger partial charge in [-0.25, -0.2) is 0 Å². The monoisotopic (exact) mass is 225 g/mol. The summed E-state index contributed by atoms with van der Waals surface area (Å²) in [6.45, 7) is 12.6. The van der Waals surface area contributed by atoms with Crippen LogP contribution < -0.4 is 0 Å². The lowest BCUT2D eigenvalue weighted by molar-refractivity contribution is 0.463.